The molecule has 0 aliphatic carbocycles. The molecule has 11 aromatic rings. The molecule has 0 aliphatic rings. The fraction of sp³-hybridized carbons (Fsp3) is 0. The van der Waals surface area contributed by atoms with Crippen LogP contribution in [0, 0.1) is 0 Å². The summed E-state index contributed by atoms with van der Waals surface area (Å²) in [5.74, 6) is 0.575. The summed E-state index contributed by atoms with van der Waals surface area (Å²) >= 11 is 0. The molecule has 0 unspecified atom stereocenters. The number of hydrogen-bond donors (Lipinski definition) is 0. The number of anilines is 3. The zero-order valence-electron chi connectivity index (χ0n) is 28.5. The van der Waals surface area contributed by atoms with Crippen LogP contribution in [0.1, 0.15) is 0 Å². The van der Waals surface area contributed by atoms with Crippen molar-refractivity contribution < 1.29 is 8.83 Å². The van der Waals surface area contributed by atoms with Crippen molar-refractivity contribution in [2.75, 3.05) is 4.90 Å². The minimum atomic E-state index is 0.575. The molecular formula is C49H30N2O2. The number of nitrogens with zero attached hydrogens (tertiary/aromatic N) is 2. The molecule has 11 rings (SSSR count). The molecule has 0 saturated heterocycles. The second-order valence-electron chi connectivity index (χ2n) is 13.5. The Labute approximate surface area is 304 Å². The standard InChI is InChI=1S/C49H30N2O2/c1-2-13-35-30-37(28-22-31(35)10-1)51(36-26-23-34(24-27-36)39-17-7-14-32-11-3-5-15-38(32)39)43-20-8-18-41-46-42(19-9-21-44(46)52-48(41)43)49-50-47-40-16-6-4-12-33(40)25-29-45(47)53-49/h1-30H. The molecule has 0 fully saturated rings. The van der Waals surface area contributed by atoms with E-state index < -0.39 is 0 Å². The van der Waals surface area contributed by atoms with Gasteiger partial charge in [0.1, 0.15) is 11.1 Å². The van der Waals surface area contributed by atoms with Crippen LogP contribution in [0.4, 0.5) is 17.1 Å². The van der Waals surface area contributed by atoms with Crippen LogP contribution in [0.3, 0.4) is 0 Å². The highest BCUT2D eigenvalue weighted by Gasteiger charge is 2.23. The summed E-state index contributed by atoms with van der Waals surface area (Å²) < 4.78 is 13.3. The number of rotatable bonds is 5. The van der Waals surface area contributed by atoms with Gasteiger partial charge >= 0.3 is 0 Å². The predicted molar refractivity (Wildman–Crippen MR) is 219 cm³/mol. The lowest BCUT2D eigenvalue weighted by molar-refractivity contribution is 0.620. The molecule has 2 heterocycles. The minimum absolute atomic E-state index is 0.575. The minimum Gasteiger partial charge on any atom is -0.454 e. The molecule has 53 heavy (non-hydrogen) atoms. The van der Waals surface area contributed by atoms with Gasteiger partial charge in [-0.15, -0.1) is 0 Å². The Kier molecular flexibility index (Phi) is 6.52. The van der Waals surface area contributed by atoms with E-state index in [2.05, 4.69) is 157 Å². The van der Waals surface area contributed by atoms with Gasteiger partial charge in [-0.1, -0.05) is 133 Å². The number of oxazole rings is 1. The lowest BCUT2D eigenvalue weighted by atomic mass is 9.98. The highest BCUT2D eigenvalue weighted by Crippen LogP contribution is 2.45. The lowest BCUT2D eigenvalue weighted by Crippen LogP contribution is -2.10. The fourth-order valence-corrected chi connectivity index (χ4v) is 7.97. The maximum Gasteiger partial charge on any atom is 0.228 e. The van der Waals surface area contributed by atoms with E-state index in [1.807, 2.05) is 30.3 Å². The van der Waals surface area contributed by atoms with Crippen LogP contribution in [0.5, 0.6) is 0 Å². The molecule has 4 heteroatoms. The van der Waals surface area contributed by atoms with E-state index in [0.29, 0.717) is 5.89 Å². The molecule has 0 saturated carbocycles. The van der Waals surface area contributed by atoms with E-state index in [1.54, 1.807) is 0 Å². The van der Waals surface area contributed by atoms with Crippen molar-refractivity contribution in [2.24, 2.45) is 0 Å². The number of aromatic nitrogens is 1. The van der Waals surface area contributed by atoms with E-state index >= 15 is 0 Å². The normalized spacial score (nSPS) is 11.8. The Hall–Kier alpha value is -7.17. The first-order chi connectivity index (χ1) is 26.3. The van der Waals surface area contributed by atoms with E-state index in [1.165, 1.54) is 32.7 Å². The zero-order valence-corrected chi connectivity index (χ0v) is 28.5. The summed E-state index contributed by atoms with van der Waals surface area (Å²) in [5.41, 5.74) is 9.50. The van der Waals surface area contributed by atoms with E-state index in [4.69, 9.17) is 13.8 Å². The second kappa shape index (κ2) is 11.7. The van der Waals surface area contributed by atoms with Gasteiger partial charge in [0.25, 0.3) is 0 Å². The molecule has 0 atom stereocenters. The molecule has 0 spiro atoms. The van der Waals surface area contributed by atoms with Gasteiger partial charge in [0.15, 0.2) is 11.2 Å². The van der Waals surface area contributed by atoms with Crippen molar-refractivity contribution in [3.8, 4) is 22.6 Å². The van der Waals surface area contributed by atoms with Crippen molar-refractivity contribution in [1.82, 2.24) is 4.98 Å². The van der Waals surface area contributed by atoms with Gasteiger partial charge in [0.05, 0.1) is 5.69 Å². The molecule has 0 radical (unpaired) electrons. The fourth-order valence-electron chi connectivity index (χ4n) is 7.97. The van der Waals surface area contributed by atoms with Crippen LogP contribution in [0.15, 0.2) is 191 Å². The number of para-hydroxylation sites is 1. The van der Waals surface area contributed by atoms with E-state index in [9.17, 15) is 0 Å². The molecule has 2 aromatic heterocycles. The number of fused-ring (bicyclic) bond motifs is 8. The Morgan fingerprint density at radius 1 is 0.415 bits per heavy atom. The summed E-state index contributed by atoms with van der Waals surface area (Å²) in [4.78, 5) is 7.36. The van der Waals surface area contributed by atoms with Gasteiger partial charge in [0.2, 0.25) is 5.89 Å². The average molecular weight is 679 g/mol. The third kappa shape index (κ3) is 4.73. The Bertz CT molecular complexity index is 3180. The predicted octanol–water partition coefficient (Wildman–Crippen LogP) is 14.0. The van der Waals surface area contributed by atoms with Crippen LogP contribution >= 0.6 is 0 Å². The molecule has 0 aliphatic heterocycles. The number of furan rings is 1. The highest BCUT2D eigenvalue weighted by atomic mass is 16.3. The van der Waals surface area contributed by atoms with Crippen LogP contribution in [0.25, 0.3) is 87.9 Å². The lowest BCUT2D eigenvalue weighted by Gasteiger charge is -2.26. The Morgan fingerprint density at radius 3 is 1.92 bits per heavy atom. The van der Waals surface area contributed by atoms with E-state index in [-0.39, 0.29) is 0 Å². The molecule has 0 amide bonds. The summed E-state index contributed by atoms with van der Waals surface area (Å²) in [6.07, 6.45) is 0. The molecule has 0 N–H and O–H groups in total. The zero-order chi connectivity index (χ0) is 34.9. The number of hydrogen-bond acceptors (Lipinski definition) is 4. The molecular weight excluding hydrogens is 649 g/mol. The number of benzene rings is 9. The van der Waals surface area contributed by atoms with Gasteiger partial charge in [-0.3, -0.25) is 0 Å². The summed E-state index contributed by atoms with van der Waals surface area (Å²) in [6, 6.07) is 63.9. The Balaban J connectivity index is 1.10. The second-order valence-corrected chi connectivity index (χ2v) is 13.5. The van der Waals surface area contributed by atoms with Crippen LogP contribution in [-0.4, -0.2) is 4.98 Å². The first-order valence-electron chi connectivity index (χ1n) is 17.9. The van der Waals surface area contributed by atoms with Gasteiger partial charge in [-0.05, 0) is 86.6 Å². The highest BCUT2D eigenvalue weighted by molar-refractivity contribution is 6.16. The van der Waals surface area contributed by atoms with Crippen LogP contribution in [-0.2, 0) is 0 Å². The first kappa shape index (κ1) is 29.5. The summed E-state index contributed by atoms with van der Waals surface area (Å²) in [7, 11) is 0. The van der Waals surface area contributed by atoms with Gasteiger partial charge in [-0.2, -0.15) is 0 Å². The van der Waals surface area contributed by atoms with Gasteiger partial charge in [0, 0.05) is 33.1 Å². The monoisotopic (exact) mass is 678 g/mol. The van der Waals surface area contributed by atoms with Gasteiger partial charge in [-0.25, -0.2) is 4.98 Å². The van der Waals surface area contributed by atoms with Gasteiger partial charge < -0.3 is 13.7 Å². The average Bonchev–Trinajstić information content (AvgIpc) is 3.84. The molecule has 9 aromatic carbocycles. The molecule has 248 valence electrons. The topological polar surface area (TPSA) is 42.4 Å². The van der Waals surface area contributed by atoms with Crippen molar-refractivity contribution in [3.05, 3.63) is 182 Å². The Morgan fingerprint density at radius 2 is 1.06 bits per heavy atom. The summed E-state index contributed by atoms with van der Waals surface area (Å²) in [6.45, 7) is 0. The van der Waals surface area contributed by atoms with Crippen molar-refractivity contribution in [1.29, 1.82) is 0 Å². The molecule has 4 nitrogen and oxygen atoms in total. The molecule has 0 bridgehead atoms. The maximum atomic E-state index is 6.83. The van der Waals surface area contributed by atoms with E-state index in [0.717, 1.165) is 66.4 Å². The smallest absolute Gasteiger partial charge is 0.228 e. The van der Waals surface area contributed by atoms with Crippen LogP contribution < -0.4 is 4.90 Å². The summed E-state index contributed by atoms with van der Waals surface area (Å²) in [5, 5.41) is 9.02. The third-order valence-electron chi connectivity index (χ3n) is 10.5. The van der Waals surface area contributed by atoms with Crippen LogP contribution in [0.2, 0.25) is 0 Å². The SMILES string of the molecule is c1ccc2cc(N(c3ccc(-c4cccc5ccccc45)cc3)c3cccc4c3oc3cccc(-c5nc6c(ccc7ccccc76)o5)c34)ccc2c1. The third-order valence-corrected chi connectivity index (χ3v) is 10.5. The first-order valence-corrected chi connectivity index (χ1v) is 17.9. The maximum absolute atomic E-state index is 6.83. The van der Waals surface area contributed by atoms with Crippen molar-refractivity contribution in [2.45, 2.75) is 0 Å². The van der Waals surface area contributed by atoms with Crippen molar-refractivity contribution in [3.63, 3.8) is 0 Å². The van der Waals surface area contributed by atoms with Crippen molar-refractivity contribution >= 4 is 82.4 Å². The largest absolute Gasteiger partial charge is 0.454 e. The quantitative estimate of drug-likeness (QED) is 0.182.